The van der Waals surface area contributed by atoms with E-state index in [2.05, 4.69) is 46.0 Å². The number of alkyl carbamates (subject to hydrolysis) is 1. The Morgan fingerprint density at radius 3 is 2.26 bits per heavy atom. The van der Waals surface area contributed by atoms with Crippen molar-refractivity contribution in [3.63, 3.8) is 0 Å². The topological polar surface area (TPSA) is 312 Å². The minimum Gasteiger partial charge on any atom is -0.462 e. The van der Waals surface area contributed by atoms with Crippen LogP contribution in [-0.4, -0.2) is 149 Å². The molecule has 1 fully saturated rings. The van der Waals surface area contributed by atoms with Crippen LogP contribution in [0.4, 0.5) is 10.6 Å². The third kappa shape index (κ3) is 21.5. The normalized spacial score (nSPS) is 16.8. The number of phosphoric acid groups is 1. The van der Waals surface area contributed by atoms with Crippen molar-refractivity contribution in [2.24, 2.45) is 0 Å². The van der Waals surface area contributed by atoms with Crippen molar-refractivity contribution in [1.29, 1.82) is 0 Å². The first-order chi connectivity index (χ1) is 33.1. The van der Waals surface area contributed by atoms with Crippen molar-refractivity contribution in [3.8, 4) is 0 Å². The highest BCUT2D eigenvalue weighted by Gasteiger charge is 2.42. The Hall–Kier alpha value is -6.60. The van der Waals surface area contributed by atoms with E-state index in [0.29, 0.717) is 6.61 Å². The van der Waals surface area contributed by atoms with E-state index in [4.69, 9.17) is 46.7 Å². The van der Waals surface area contributed by atoms with Crippen LogP contribution in [0.15, 0.2) is 85.4 Å². The third-order valence-corrected chi connectivity index (χ3v) is 10.3. The highest BCUT2D eigenvalue weighted by atomic mass is 31.2. The summed E-state index contributed by atoms with van der Waals surface area (Å²) >= 11 is 0. The predicted octanol–water partition coefficient (Wildman–Crippen LogP) is 1.19. The molecule has 26 heteroatoms. The summed E-state index contributed by atoms with van der Waals surface area (Å²) < 4.78 is 67.9. The molecule has 1 aliphatic heterocycles. The van der Waals surface area contributed by atoms with Gasteiger partial charge in [-0.25, -0.2) is 18.9 Å². The number of esters is 3. The van der Waals surface area contributed by atoms with Crippen LogP contribution in [0.3, 0.4) is 0 Å². The third-order valence-electron chi connectivity index (χ3n) is 8.88. The van der Waals surface area contributed by atoms with E-state index < -0.39 is 119 Å². The number of phosphoric ester groups is 1. The largest absolute Gasteiger partial charge is 0.475 e. The van der Waals surface area contributed by atoms with Crippen LogP contribution in [0.25, 0.3) is 0 Å². The summed E-state index contributed by atoms with van der Waals surface area (Å²) in [5, 5.41) is 9.26. The molecule has 1 aromatic heterocycles. The Morgan fingerprint density at radius 2 is 1.58 bits per heavy atom. The van der Waals surface area contributed by atoms with E-state index in [-0.39, 0.29) is 51.7 Å². The van der Waals surface area contributed by atoms with Crippen molar-refractivity contribution < 1.29 is 84.9 Å². The highest BCUT2D eigenvalue weighted by molar-refractivity contribution is 7.48. The van der Waals surface area contributed by atoms with Crippen LogP contribution in [0.5, 0.6) is 0 Å². The molecule has 1 aliphatic rings. The number of nitrogens with zero attached hydrogens (tertiary/aromatic N) is 2. The lowest BCUT2D eigenvalue weighted by atomic mass is 10.1. The molecule has 0 bridgehead atoms. The van der Waals surface area contributed by atoms with Crippen molar-refractivity contribution in [1.82, 2.24) is 25.5 Å². The van der Waals surface area contributed by atoms with Crippen molar-refractivity contribution >= 4 is 55.4 Å². The molecule has 1 saturated heterocycles. The Labute approximate surface area is 396 Å². The SMILES string of the molecule is C=CCOC(=O)C[C@H](NC(=O)CNC(=O)[C@H](COP(=O)(OCC=C)OC[C@H]1O[C@@H](n2ccc(NC(=O)Cc3ccccc3)nc2=O)C[C@@H]1OC(C)=O)NC(=O)OCC=C)C(=O)OCCOCCOC. The Morgan fingerprint density at radius 1 is 0.870 bits per heavy atom. The lowest BCUT2D eigenvalue weighted by Gasteiger charge is -2.24. The summed E-state index contributed by atoms with van der Waals surface area (Å²) in [4.78, 5) is 106. The van der Waals surface area contributed by atoms with Crippen molar-refractivity contribution in [2.45, 2.75) is 56.7 Å². The molecule has 0 spiro atoms. The number of rotatable bonds is 32. The Balaban J connectivity index is 1.71. The van der Waals surface area contributed by atoms with Gasteiger partial charge in [0.15, 0.2) is 0 Å². The molecule has 0 saturated carbocycles. The number of hydrogen-bond donors (Lipinski definition) is 4. The number of carbonyl (C=O) groups is 7. The number of aromatic nitrogens is 2. The summed E-state index contributed by atoms with van der Waals surface area (Å²) in [6.45, 7) is 8.43. The maximum atomic E-state index is 14.0. The highest BCUT2D eigenvalue weighted by Crippen LogP contribution is 2.50. The molecule has 69 heavy (non-hydrogen) atoms. The van der Waals surface area contributed by atoms with Crippen LogP contribution < -0.4 is 27.0 Å². The molecule has 0 aliphatic carbocycles. The number of anilines is 1. The molecule has 4 amide bonds. The number of carbonyl (C=O) groups excluding carboxylic acids is 7. The number of amides is 4. The van der Waals surface area contributed by atoms with Gasteiger partial charge in [0.25, 0.3) is 0 Å². The number of nitrogens with one attached hydrogen (secondary N) is 4. The molecule has 3 rings (SSSR count). The fourth-order valence-electron chi connectivity index (χ4n) is 5.77. The number of benzene rings is 1. The van der Waals surface area contributed by atoms with Crippen LogP contribution in [0.2, 0.25) is 0 Å². The molecular formula is C43H57N6O19P. The minimum absolute atomic E-state index is 0.0194. The second kappa shape index (κ2) is 30.7. The zero-order chi connectivity index (χ0) is 50.6. The second-order valence-electron chi connectivity index (χ2n) is 14.2. The molecule has 2 aromatic rings. The number of methoxy groups -OCH3 is 1. The summed E-state index contributed by atoms with van der Waals surface area (Å²) in [6.07, 6.45) is -0.241. The van der Waals surface area contributed by atoms with E-state index in [0.717, 1.165) is 17.1 Å². The van der Waals surface area contributed by atoms with E-state index in [1.54, 1.807) is 24.3 Å². The van der Waals surface area contributed by atoms with Crippen molar-refractivity contribution in [2.75, 3.05) is 78.4 Å². The maximum absolute atomic E-state index is 14.0. The summed E-state index contributed by atoms with van der Waals surface area (Å²) in [7, 11) is -3.28. The van der Waals surface area contributed by atoms with Gasteiger partial charge in [-0.05, 0) is 11.6 Å². The summed E-state index contributed by atoms with van der Waals surface area (Å²) in [5.41, 5.74) is -0.0835. The monoisotopic (exact) mass is 992 g/mol. The van der Waals surface area contributed by atoms with Gasteiger partial charge in [-0.2, -0.15) is 4.98 Å². The van der Waals surface area contributed by atoms with Gasteiger partial charge >= 0.3 is 37.5 Å². The zero-order valence-corrected chi connectivity index (χ0v) is 39.0. The van der Waals surface area contributed by atoms with Gasteiger partial charge in [-0.1, -0.05) is 61.7 Å². The van der Waals surface area contributed by atoms with Gasteiger partial charge in [0.05, 0.1) is 59.0 Å². The van der Waals surface area contributed by atoms with Gasteiger partial charge < -0.3 is 54.4 Å². The van der Waals surface area contributed by atoms with Crippen molar-refractivity contribution in [3.05, 3.63) is 96.6 Å². The van der Waals surface area contributed by atoms with Gasteiger partial charge in [0.2, 0.25) is 17.7 Å². The first kappa shape index (κ1) is 56.7. The maximum Gasteiger partial charge on any atom is 0.475 e. The smallest absolute Gasteiger partial charge is 0.462 e. The van der Waals surface area contributed by atoms with Gasteiger partial charge in [-0.15, -0.1) is 6.58 Å². The number of ether oxygens (including phenoxy) is 7. The second-order valence-corrected chi connectivity index (χ2v) is 15.9. The van der Waals surface area contributed by atoms with Crippen LogP contribution >= 0.6 is 7.82 Å². The molecule has 1 aromatic carbocycles. The van der Waals surface area contributed by atoms with Gasteiger partial charge in [0.1, 0.15) is 56.2 Å². The standard InChI is InChI=1S/C43H57N6O19P/c1-6-16-61-39(53)24-31(41(55)62-22-21-60-20-19-59-5)45-37(52)26-44-40(54)32(46-43(57)63-17-7-2)27-65-69(58,64-18-8-3)66-28-34-33(67-29(4)50)25-38(68-34)49-15-14-35(48-42(49)56)47-36(51)23-30-12-10-9-11-13-30/h6-15,31-34,38H,1-3,16-28H2,4-5H3,(H,44,54)(H,45,52)(H,46,57)(H,47,48,51,56)/t31-,32-,33-,34+,38+,69?/m0/s1. The molecule has 0 radical (unpaired) electrons. The fourth-order valence-corrected chi connectivity index (χ4v) is 6.94. The van der Waals surface area contributed by atoms with Gasteiger partial charge in [0, 0.05) is 26.7 Å². The minimum atomic E-state index is -4.76. The lowest BCUT2D eigenvalue weighted by molar-refractivity contribution is -0.154. The van der Waals surface area contributed by atoms with Gasteiger partial charge in [-0.3, -0.25) is 42.1 Å². The summed E-state index contributed by atoms with van der Waals surface area (Å²) in [5.74, 6) is -5.17. The molecule has 378 valence electrons. The van der Waals surface area contributed by atoms with Crippen LogP contribution in [0.1, 0.15) is 31.6 Å². The number of hydrogen-bond acceptors (Lipinski definition) is 20. The van der Waals surface area contributed by atoms with E-state index in [1.807, 2.05) is 6.07 Å². The predicted molar refractivity (Wildman–Crippen MR) is 240 cm³/mol. The zero-order valence-electron chi connectivity index (χ0n) is 38.1. The molecule has 4 N–H and O–H groups in total. The molecule has 1 unspecified atom stereocenters. The van der Waals surface area contributed by atoms with E-state index in [9.17, 15) is 42.9 Å². The van der Waals surface area contributed by atoms with Crippen LogP contribution in [0, 0.1) is 0 Å². The first-order valence-electron chi connectivity index (χ1n) is 21.1. The Kier molecular flexibility index (Phi) is 25.2. The average molecular weight is 993 g/mol. The molecular weight excluding hydrogens is 935 g/mol. The summed E-state index contributed by atoms with van der Waals surface area (Å²) in [6, 6.07) is 6.94. The first-order valence-corrected chi connectivity index (χ1v) is 22.6. The molecule has 2 heterocycles. The lowest BCUT2D eigenvalue weighted by Crippen LogP contribution is -2.52. The molecule has 25 nitrogen and oxygen atoms in total. The molecule has 6 atom stereocenters. The fraction of sp³-hybridized carbons (Fsp3) is 0.465. The van der Waals surface area contributed by atoms with E-state index in [1.165, 1.54) is 37.6 Å². The van der Waals surface area contributed by atoms with Crippen LogP contribution in [-0.2, 0) is 86.5 Å². The average Bonchev–Trinajstić information content (AvgIpc) is 3.71. The van der Waals surface area contributed by atoms with E-state index >= 15 is 0 Å². The quantitative estimate of drug-likeness (QED) is 0.0263. The Bertz CT molecular complexity index is 2180.